The number of hydrogen-bond donors (Lipinski definition) is 3. The smallest absolute Gasteiger partial charge is 0.240 e. The predicted octanol–water partition coefficient (Wildman–Crippen LogP) is 0.389. The number of piperidine rings is 1. The highest BCUT2D eigenvalue weighted by atomic mass is 32.2. The molecular formula is C15H23N3O3S. The molecule has 22 heavy (non-hydrogen) atoms. The zero-order chi connectivity index (χ0) is 16.0. The van der Waals surface area contributed by atoms with Crippen LogP contribution in [0.25, 0.3) is 0 Å². The Balaban J connectivity index is 1.75. The van der Waals surface area contributed by atoms with E-state index in [0.29, 0.717) is 13.1 Å². The van der Waals surface area contributed by atoms with Crippen LogP contribution in [0.3, 0.4) is 0 Å². The van der Waals surface area contributed by atoms with Crippen molar-refractivity contribution in [2.45, 2.75) is 24.7 Å². The Bertz CT molecular complexity index is 593. The molecule has 1 aromatic rings. The van der Waals surface area contributed by atoms with Crippen LogP contribution >= 0.6 is 0 Å². The monoisotopic (exact) mass is 325 g/mol. The summed E-state index contributed by atoms with van der Waals surface area (Å²) >= 11 is 0. The zero-order valence-electron chi connectivity index (χ0n) is 12.8. The van der Waals surface area contributed by atoms with Crippen LogP contribution in [0.5, 0.6) is 0 Å². The molecule has 2 rings (SSSR count). The lowest BCUT2D eigenvalue weighted by atomic mass is 9.99. The number of benzene rings is 1. The number of hydrogen-bond acceptors (Lipinski definition) is 4. The second-order valence-corrected chi connectivity index (χ2v) is 7.31. The van der Waals surface area contributed by atoms with Gasteiger partial charge in [-0.1, -0.05) is 17.7 Å². The molecule has 1 aliphatic heterocycles. The van der Waals surface area contributed by atoms with Gasteiger partial charge in [-0.15, -0.1) is 0 Å². The minimum Gasteiger partial charge on any atom is -0.355 e. The zero-order valence-corrected chi connectivity index (χ0v) is 13.6. The van der Waals surface area contributed by atoms with Gasteiger partial charge in [0.25, 0.3) is 0 Å². The van der Waals surface area contributed by atoms with E-state index in [1.54, 1.807) is 24.3 Å². The van der Waals surface area contributed by atoms with Crippen molar-refractivity contribution < 1.29 is 13.2 Å². The molecule has 0 saturated carbocycles. The van der Waals surface area contributed by atoms with Gasteiger partial charge in [-0.05, 0) is 38.4 Å². The normalized spacial score (nSPS) is 18.9. The summed E-state index contributed by atoms with van der Waals surface area (Å²) in [5, 5.41) is 5.96. The van der Waals surface area contributed by atoms with Crippen molar-refractivity contribution in [3.8, 4) is 0 Å². The summed E-state index contributed by atoms with van der Waals surface area (Å²) in [6.07, 6.45) is 1.88. The number of nitrogens with one attached hydrogen (secondary N) is 3. The molecule has 0 radical (unpaired) electrons. The van der Waals surface area contributed by atoms with Gasteiger partial charge in [0, 0.05) is 19.6 Å². The standard InChI is InChI=1S/C15H23N3O3S/c1-12-4-6-14(7-5-12)22(20,21)18-10-9-17-15(19)13-3-2-8-16-11-13/h4-7,13,16,18H,2-3,8-11H2,1H3,(H,17,19). The van der Waals surface area contributed by atoms with Gasteiger partial charge in [-0.2, -0.15) is 0 Å². The van der Waals surface area contributed by atoms with Crippen molar-refractivity contribution in [2.24, 2.45) is 5.92 Å². The Morgan fingerprint density at radius 2 is 2.00 bits per heavy atom. The van der Waals surface area contributed by atoms with E-state index < -0.39 is 10.0 Å². The molecule has 7 heteroatoms. The number of sulfonamides is 1. The summed E-state index contributed by atoms with van der Waals surface area (Å²) in [5.41, 5.74) is 1.01. The Hall–Kier alpha value is -1.44. The predicted molar refractivity (Wildman–Crippen MR) is 85.0 cm³/mol. The van der Waals surface area contributed by atoms with E-state index in [2.05, 4.69) is 15.4 Å². The van der Waals surface area contributed by atoms with Crippen LogP contribution in [0.2, 0.25) is 0 Å². The van der Waals surface area contributed by atoms with Crippen LogP contribution in [0.4, 0.5) is 0 Å². The lowest BCUT2D eigenvalue weighted by Crippen LogP contribution is -2.42. The maximum atomic E-state index is 12.1. The maximum Gasteiger partial charge on any atom is 0.240 e. The van der Waals surface area contributed by atoms with Crippen LogP contribution in [-0.4, -0.2) is 40.5 Å². The maximum absolute atomic E-state index is 12.1. The summed E-state index contributed by atoms with van der Waals surface area (Å²) in [6.45, 7) is 4.03. The molecule has 1 unspecified atom stereocenters. The lowest BCUT2D eigenvalue weighted by Gasteiger charge is -2.21. The Morgan fingerprint density at radius 1 is 1.27 bits per heavy atom. The third kappa shape index (κ3) is 4.79. The average molecular weight is 325 g/mol. The minimum absolute atomic E-state index is 0.0116. The molecule has 1 saturated heterocycles. The summed E-state index contributed by atoms with van der Waals surface area (Å²) < 4.78 is 26.6. The van der Waals surface area contributed by atoms with Crippen LogP contribution < -0.4 is 15.4 Å². The van der Waals surface area contributed by atoms with E-state index in [-0.39, 0.29) is 23.3 Å². The number of amides is 1. The highest BCUT2D eigenvalue weighted by molar-refractivity contribution is 7.89. The van der Waals surface area contributed by atoms with Crippen LogP contribution in [0.1, 0.15) is 18.4 Å². The van der Waals surface area contributed by atoms with Gasteiger partial charge in [0.15, 0.2) is 0 Å². The summed E-state index contributed by atoms with van der Waals surface area (Å²) in [6, 6.07) is 6.66. The Kier molecular flexibility index (Phi) is 5.93. The third-order valence-corrected chi connectivity index (χ3v) is 5.19. The first kappa shape index (κ1) is 16.9. The third-order valence-electron chi connectivity index (χ3n) is 3.72. The summed E-state index contributed by atoms with van der Waals surface area (Å²) in [5.74, 6) is -0.0239. The Morgan fingerprint density at radius 3 is 2.64 bits per heavy atom. The van der Waals surface area contributed by atoms with Crippen molar-refractivity contribution >= 4 is 15.9 Å². The molecule has 1 heterocycles. The first-order valence-electron chi connectivity index (χ1n) is 7.54. The van der Waals surface area contributed by atoms with Crippen molar-refractivity contribution in [3.05, 3.63) is 29.8 Å². The fourth-order valence-corrected chi connectivity index (χ4v) is 3.42. The molecule has 0 aliphatic carbocycles. The van der Waals surface area contributed by atoms with Crippen LogP contribution in [0, 0.1) is 12.8 Å². The molecule has 3 N–H and O–H groups in total. The Labute approximate surface area is 131 Å². The molecule has 1 aliphatic rings. The molecule has 1 fully saturated rings. The molecular weight excluding hydrogens is 302 g/mol. The van der Waals surface area contributed by atoms with Gasteiger partial charge in [0.1, 0.15) is 0 Å². The van der Waals surface area contributed by atoms with Crippen molar-refractivity contribution in [3.63, 3.8) is 0 Å². The van der Waals surface area contributed by atoms with Crippen LogP contribution in [-0.2, 0) is 14.8 Å². The first-order valence-corrected chi connectivity index (χ1v) is 9.02. The van der Waals surface area contributed by atoms with Crippen molar-refractivity contribution in [1.29, 1.82) is 0 Å². The van der Waals surface area contributed by atoms with Gasteiger partial charge < -0.3 is 10.6 Å². The molecule has 1 aromatic carbocycles. The highest BCUT2D eigenvalue weighted by Gasteiger charge is 2.20. The molecule has 122 valence electrons. The van der Waals surface area contributed by atoms with E-state index in [9.17, 15) is 13.2 Å². The van der Waals surface area contributed by atoms with Crippen LogP contribution in [0.15, 0.2) is 29.2 Å². The van der Waals surface area contributed by atoms with Crippen molar-refractivity contribution in [2.75, 3.05) is 26.2 Å². The fraction of sp³-hybridized carbons (Fsp3) is 0.533. The summed E-state index contributed by atoms with van der Waals surface area (Å²) in [7, 11) is -3.51. The number of carbonyl (C=O) groups is 1. The molecule has 1 amide bonds. The average Bonchev–Trinajstić information content (AvgIpc) is 2.52. The minimum atomic E-state index is -3.51. The fourth-order valence-electron chi connectivity index (χ4n) is 2.39. The lowest BCUT2D eigenvalue weighted by molar-refractivity contribution is -0.125. The SMILES string of the molecule is Cc1ccc(S(=O)(=O)NCCNC(=O)C2CCCNC2)cc1. The highest BCUT2D eigenvalue weighted by Crippen LogP contribution is 2.10. The molecule has 0 aromatic heterocycles. The molecule has 1 atom stereocenters. The quantitative estimate of drug-likeness (QED) is 0.660. The van der Waals surface area contributed by atoms with Gasteiger partial charge >= 0.3 is 0 Å². The van der Waals surface area contributed by atoms with Gasteiger partial charge in [-0.25, -0.2) is 13.1 Å². The van der Waals surface area contributed by atoms with Gasteiger partial charge in [0.2, 0.25) is 15.9 Å². The van der Waals surface area contributed by atoms with E-state index in [1.165, 1.54) is 0 Å². The van der Waals surface area contributed by atoms with Crippen molar-refractivity contribution in [1.82, 2.24) is 15.4 Å². The van der Waals surface area contributed by atoms with Gasteiger partial charge in [-0.3, -0.25) is 4.79 Å². The van der Waals surface area contributed by atoms with E-state index in [0.717, 1.165) is 24.9 Å². The molecule has 0 spiro atoms. The second-order valence-electron chi connectivity index (χ2n) is 5.55. The van der Waals surface area contributed by atoms with E-state index in [4.69, 9.17) is 0 Å². The van der Waals surface area contributed by atoms with E-state index >= 15 is 0 Å². The van der Waals surface area contributed by atoms with Gasteiger partial charge in [0.05, 0.1) is 10.8 Å². The molecule has 0 bridgehead atoms. The largest absolute Gasteiger partial charge is 0.355 e. The second kappa shape index (κ2) is 7.71. The number of rotatable bonds is 6. The first-order chi connectivity index (χ1) is 10.5. The van der Waals surface area contributed by atoms with E-state index in [1.807, 2.05) is 6.92 Å². The number of carbonyl (C=O) groups excluding carboxylic acids is 1. The molecule has 6 nitrogen and oxygen atoms in total. The topological polar surface area (TPSA) is 87.3 Å². The summed E-state index contributed by atoms with van der Waals surface area (Å²) in [4.78, 5) is 12.1. The number of aryl methyl sites for hydroxylation is 1.